The van der Waals surface area contributed by atoms with Crippen molar-refractivity contribution in [3.8, 4) is 11.5 Å². The number of rotatable bonds is 1. The van der Waals surface area contributed by atoms with E-state index in [0.29, 0.717) is 11.4 Å². The summed E-state index contributed by atoms with van der Waals surface area (Å²) in [4.78, 5) is 12.4. The molecule has 1 aromatic carbocycles. The number of aromatic nitrogens is 4. The molecule has 3 aromatic rings. The normalized spacial score (nSPS) is 10.8. The van der Waals surface area contributed by atoms with Crippen molar-refractivity contribution in [3.63, 3.8) is 0 Å². The lowest BCUT2D eigenvalue weighted by molar-refractivity contribution is 0.433. The van der Waals surface area contributed by atoms with Crippen LogP contribution in [0.1, 0.15) is 0 Å². The molecule has 0 aliphatic carbocycles. The zero-order valence-corrected chi connectivity index (χ0v) is 8.16. The lowest BCUT2D eigenvalue weighted by Crippen LogP contribution is -1.88. The molecule has 2 heterocycles. The number of nitrogen functional groups attached to an aromatic ring is 1. The zero-order chi connectivity index (χ0) is 11.0. The Hall–Kier alpha value is -2.50. The molecule has 0 atom stereocenters. The lowest BCUT2D eigenvalue weighted by atomic mass is 10.2. The van der Waals surface area contributed by atoms with Crippen LogP contribution in [0, 0.1) is 0 Å². The monoisotopic (exact) mass is 213 g/mol. The van der Waals surface area contributed by atoms with Gasteiger partial charge in [0, 0.05) is 12.4 Å². The minimum absolute atomic E-state index is 0.107. The predicted octanol–water partition coefficient (Wildman–Crippen LogP) is 1.26. The first kappa shape index (κ1) is 8.78. The van der Waals surface area contributed by atoms with E-state index in [1.807, 2.05) is 18.2 Å². The largest absolute Gasteiger partial charge is 0.365 e. The van der Waals surface area contributed by atoms with E-state index in [1.165, 1.54) is 0 Å². The van der Waals surface area contributed by atoms with E-state index in [0.717, 1.165) is 11.1 Å². The van der Waals surface area contributed by atoms with Gasteiger partial charge in [-0.3, -0.25) is 9.97 Å². The van der Waals surface area contributed by atoms with Crippen LogP contribution in [0.5, 0.6) is 0 Å². The highest BCUT2D eigenvalue weighted by Crippen LogP contribution is 2.24. The van der Waals surface area contributed by atoms with Gasteiger partial charge in [-0.25, -0.2) is 0 Å². The molecule has 78 valence electrons. The molecule has 3 rings (SSSR count). The van der Waals surface area contributed by atoms with Crippen LogP contribution in [0.15, 0.2) is 35.1 Å². The quantitative estimate of drug-likeness (QED) is 0.654. The molecular formula is C10H7N5O. The molecule has 0 saturated heterocycles. The van der Waals surface area contributed by atoms with Gasteiger partial charge in [0.15, 0.2) is 0 Å². The predicted molar refractivity (Wildman–Crippen MR) is 57.2 cm³/mol. The Labute approximate surface area is 90.1 Å². The summed E-state index contributed by atoms with van der Waals surface area (Å²) in [5.74, 6) is 0.458. The number of hydrogen-bond acceptors (Lipinski definition) is 6. The Bertz CT molecular complexity index is 643. The van der Waals surface area contributed by atoms with Gasteiger partial charge in [-0.05, 0) is 17.3 Å². The van der Waals surface area contributed by atoms with Gasteiger partial charge in [0.05, 0.1) is 11.1 Å². The summed E-state index contributed by atoms with van der Waals surface area (Å²) < 4.78 is 5.00. The first-order valence-corrected chi connectivity index (χ1v) is 4.64. The number of anilines is 1. The van der Waals surface area contributed by atoms with E-state index < -0.39 is 0 Å². The maximum absolute atomic E-state index is 5.41. The van der Waals surface area contributed by atoms with Crippen LogP contribution in [0.2, 0.25) is 0 Å². The maximum atomic E-state index is 5.41. The van der Waals surface area contributed by atoms with E-state index in [-0.39, 0.29) is 5.95 Å². The van der Waals surface area contributed by atoms with Gasteiger partial charge in [0.1, 0.15) is 5.52 Å². The first-order valence-electron chi connectivity index (χ1n) is 4.64. The van der Waals surface area contributed by atoms with Crippen LogP contribution in [-0.2, 0) is 0 Å². The molecule has 0 radical (unpaired) electrons. The number of hydrogen-bond donors (Lipinski definition) is 1. The summed E-state index contributed by atoms with van der Waals surface area (Å²) in [7, 11) is 0. The van der Waals surface area contributed by atoms with Crippen molar-refractivity contribution in [2.45, 2.75) is 0 Å². The number of nitrogens with zero attached hydrogens (tertiary/aromatic N) is 4. The summed E-state index contributed by atoms with van der Waals surface area (Å²) in [5.41, 5.74) is 7.63. The van der Waals surface area contributed by atoms with Crippen molar-refractivity contribution in [1.29, 1.82) is 0 Å². The highest BCUT2D eigenvalue weighted by atomic mass is 16.5. The molecule has 2 aromatic heterocycles. The van der Waals surface area contributed by atoms with Crippen molar-refractivity contribution in [3.05, 3.63) is 30.6 Å². The lowest BCUT2D eigenvalue weighted by Gasteiger charge is -1.99. The van der Waals surface area contributed by atoms with Crippen LogP contribution in [0.4, 0.5) is 5.95 Å². The summed E-state index contributed by atoms with van der Waals surface area (Å²) in [6.07, 6.45) is 3.25. The molecule has 0 aliphatic rings. The van der Waals surface area contributed by atoms with E-state index >= 15 is 0 Å². The number of nitrogens with two attached hydrogens (primary N) is 1. The summed E-state index contributed by atoms with van der Waals surface area (Å²) >= 11 is 0. The maximum Gasteiger partial charge on any atom is 0.261 e. The fourth-order valence-electron chi connectivity index (χ4n) is 1.51. The van der Waals surface area contributed by atoms with E-state index in [4.69, 9.17) is 10.3 Å². The molecule has 0 fully saturated rings. The van der Waals surface area contributed by atoms with Crippen LogP contribution in [-0.4, -0.2) is 20.1 Å². The average Bonchev–Trinajstić information content (AvgIpc) is 2.75. The molecule has 16 heavy (non-hydrogen) atoms. The molecular weight excluding hydrogens is 206 g/mol. The van der Waals surface area contributed by atoms with Gasteiger partial charge in [-0.15, -0.1) is 0 Å². The molecule has 0 saturated carbocycles. The van der Waals surface area contributed by atoms with Gasteiger partial charge in [-0.2, -0.15) is 4.98 Å². The second-order valence-electron chi connectivity index (χ2n) is 3.19. The summed E-state index contributed by atoms with van der Waals surface area (Å²) in [5, 5.41) is 3.54. The van der Waals surface area contributed by atoms with Crippen LogP contribution >= 0.6 is 0 Å². The second kappa shape index (κ2) is 3.27. The Kier molecular flexibility index (Phi) is 1.79. The van der Waals surface area contributed by atoms with Crippen LogP contribution < -0.4 is 5.73 Å². The standard InChI is InChI=1S/C10H7N5O/c11-10-14-9(16-15-10)6-2-1-3-7-8(6)13-5-4-12-7/h1-5H,(H2,11,15). The van der Waals surface area contributed by atoms with Gasteiger partial charge < -0.3 is 10.3 Å². The van der Waals surface area contributed by atoms with E-state index in [1.54, 1.807) is 12.4 Å². The zero-order valence-electron chi connectivity index (χ0n) is 8.16. The molecule has 6 nitrogen and oxygen atoms in total. The Morgan fingerprint density at radius 1 is 1.12 bits per heavy atom. The third-order valence-corrected chi connectivity index (χ3v) is 2.17. The smallest absolute Gasteiger partial charge is 0.261 e. The number of benzene rings is 1. The highest BCUT2D eigenvalue weighted by molar-refractivity contribution is 5.88. The highest BCUT2D eigenvalue weighted by Gasteiger charge is 2.11. The fraction of sp³-hybridized carbons (Fsp3) is 0. The SMILES string of the molecule is Nc1noc(-c2cccc3nccnc23)n1. The third-order valence-electron chi connectivity index (χ3n) is 2.17. The van der Waals surface area contributed by atoms with Crippen molar-refractivity contribution in [2.75, 3.05) is 5.73 Å². The van der Waals surface area contributed by atoms with Crippen LogP contribution in [0.25, 0.3) is 22.5 Å². The van der Waals surface area contributed by atoms with Gasteiger partial charge in [0.2, 0.25) is 0 Å². The first-order chi connectivity index (χ1) is 7.84. The van der Waals surface area contributed by atoms with Crippen molar-refractivity contribution >= 4 is 17.0 Å². The topological polar surface area (TPSA) is 90.7 Å². The number of para-hydroxylation sites is 1. The Morgan fingerprint density at radius 2 is 2.00 bits per heavy atom. The van der Waals surface area contributed by atoms with Crippen molar-refractivity contribution in [1.82, 2.24) is 20.1 Å². The van der Waals surface area contributed by atoms with E-state index in [9.17, 15) is 0 Å². The van der Waals surface area contributed by atoms with Gasteiger partial charge >= 0.3 is 0 Å². The molecule has 0 spiro atoms. The molecule has 2 N–H and O–H groups in total. The third kappa shape index (κ3) is 1.28. The second-order valence-corrected chi connectivity index (χ2v) is 3.19. The Morgan fingerprint density at radius 3 is 2.81 bits per heavy atom. The molecule has 0 bridgehead atoms. The summed E-state index contributed by atoms with van der Waals surface area (Å²) in [6.45, 7) is 0. The minimum atomic E-state index is 0.107. The molecule has 0 aliphatic heterocycles. The average molecular weight is 213 g/mol. The minimum Gasteiger partial charge on any atom is -0.365 e. The fourth-order valence-corrected chi connectivity index (χ4v) is 1.51. The van der Waals surface area contributed by atoms with Gasteiger partial charge in [-0.1, -0.05) is 6.07 Å². The van der Waals surface area contributed by atoms with Gasteiger partial charge in [0.25, 0.3) is 11.8 Å². The molecule has 0 amide bonds. The number of fused-ring (bicyclic) bond motifs is 1. The van der Waals surface area contributed by atoms with Crippen molar-refractivity contribution < 1.29 is 4.52 Å². The van der Waals surface area contributed by atoms with E-state index in [2.05, 4.69) is 20.1 Å². The molecule has 6 heteroatoms. The summed E-state index contributed by atoms with van der Waals surface area (Å²) in [6, 6.07) is 5.56. The Balaban J connectivity index is 2.31. The van der Waals surface area contributed by atoms with Crippen molar-refractivity contribution in [2.24, 2.45) is 0 Å². The van der Waals surface area contributed by atoms with Crippen LogP contribution in [0.3, 0.4) is 0 Å². The molecule has 0 unspecified atom stereocenters.